The Bertz CT molecular complexity index is 757. The minimum atomic E-state index is -0.247. The van der Waals surface area contributed by atoms with Crippen LogP contribution < -0.4 is 4.90 Å². The first-order chi connectivity index (χ1) is 10.7. The number of carbonyl (C=O) groups is 1. The highest BCUT2D eigenvalue weighted by molar-refractivity contribution is 6.30. The first kappa shape index (κ1) is 14.4. The lowest BCUT2D eigenvalue weighted by molar-refractivity contribution is 0.0957. The molecule has 1 amide bonds. The summed E-state index contributed by atoms with van der Waals surface area (Å²) >= 11 is 6.02. The van der Waals surface area contributed by atoms with Gasteiger partial charge in [-0.2, -0.15) is 0 Å². The van der Waals surface area contributed by atoms with Crippen LogP contribution in [-0.4, -0.2) is 10.9 Å². The quantitative estimate of drug-likeness (QED) is 0.726. The van der Waals surface area contributed by atoms with E-state index in [0.717, 1.165) is 5.56 Å². The molecule has 0 aliphatic rings. The van der Waals surface area contributed by atoms with Gasteiger partial charge in [-0.25, -0.2) is 4.98 Å². The van der Waals surface area contributed by atoms with E-state index in [-0.39, 0.29) is 11.7 Å². The molecule has 0 N–H and O–H groups in total. The van der Waals surface area contributed by atoms with Gasteiger partial charge in [-0.3, -0.25) is 9.69 Å². The van der Waals surface area contributed by atoms with E-state index in [4.69, 9.17) is 16.0 Å². The summed E-state index contributed by atoms with van der Waals surface area (Å²) in [5.41, 5.74) is 0.915. The van der Waals surface area contributed by atoms with Crippen molar-refractivity contribution >= 4 is 23.3 Å². The van der Waals surface area contributed by atoms with Gasteiger partial charge in [0, 0.05) is 11.2 Å². The fraction of sp³-hybridized carbons (Fsp3) is 0.0588. The van der Waals surface area contributed by atoms with Gasteiger partial charge in [-0.05, 0) is 42.0 Å². The van der Waals surface area contributed by atoms with Crippen LogP contribution in [0.1, 0.15) is 16.1 Å². The maximum Gasteiger partial charge on any atom is 0.295 e. The molecule has 0 saturated heterocycles. The van der Waals surface area contributed by atoms with Crippen LogP contribution in [0.15, 0.2) is 71.5 Å². The van der Waals surface area contributed by atoms with E-state index in [1.54, 1.807) is 41.4 Å². The molecule has 0 radical (unpaired) electrons. The van der Waals surface area contributed by atoms with Crippen molar-refractivity contribution in [3.05, 3.63) is 83.4 Å². The average molecular weight is 313 g/mol. The van der Waals surface area contributed by atoms with Crippen LogP contribution in [0.4, 0.5) is 5.82 Å². The first-order valence-corrected chi connectivity index (χ1v) is 7.13. The fourth-order valence-electron chi connectivity index (χ4n) is 2.12. The van der Waals surface area contributed by atoms with Gasteiger partial charge in [0.25, 0.3) is 5.91 Å². The van der Waals surface area contributed by atoms with E-state index in [0.29, 0.717) is 17.4 Å². The number of pyridine rings is 1. The molecule has 0 bridgehead atoms. The van der Waals surface area contributed by atoms with Crippen molar-refractivity contribution < 1.29 is 9.21 Å². The smallest absolute Gasteiger partial charge is 0.295 e. The number of amides is 1. The number of halogens is 1. The molecule has 22 heavy (non-hydrogen) atoms. The Balaban J connectivity index is 1.94. The summed E-state index contributed by atoms with van der Waals surface area (Å²) in [6.45, 7) is 0.358. The molecule has 2 aromatic heterocycles. The molecule has 0 aliphatic carbocycles. The predicted molar refractivity (Wildman–Crippen MR) is 84.9 cm³/mol. The SMILES string of the molecule is O=C(c1ccco1)N(Cc1cccc(Cl)c1)c1ccccn1. The second kappa shape index (κ2) is 6.45. The van der Waals surface area contributed by atoms with Crippen LogP contribution in [0.2, 0.25) is 5.02 Å². The number of hydrogen-bond donors (Lipinski definition) is 0. The lowest BCUT2D eigenvalue weighted by Gasteiger charge is -2.20. The zero-order valence-electron chi connectivity index (χ0n) is 11.6. The molecule has 0 spiro atoms. The highest BCUT2D eigenvalue weighted by Crippen LogP contribution is 2.19. The molecule has 0 aliphatic heterocycles. The van der Waals surface area contributed by atoms with Crippen LogP contribution in [0.25, 0.3) is 0 Å². The molecule has 0 atom stereocenters. The Labute approximate surface area is 133 Å². The van der Waals surface area contributed by atoms with Crippen LogP contribution in [-0.2, 0) is 6.54 Å². The molecule has 5 heteroatoms. The third kappa shape index (κ3) is 3.18. The summed E-state index contributed by atoms with van der Waals surface area (Å²) in [4.78, 5) is 18.5. The van der Waals surface area contributed by atoms with Crippen LogP contribution in [0.5, 0.6) is 0 Å². The van der Waals surface area contributed by atoms with Crippen molar-refractivity contribution in [3.63, 3.8) is 0 Å². The third-order valence-corrected chi connectivity index (χ3v) is 3.37. The molecule has 0 fully saturated rings. The van der Waals surface area contributed by atoms with Gasteiger partial charge in [0.1, 0.15) is 5.82 Å². The second-order valence-corrected chi connectivity index (χ2v) is 5.12. The summed E-state index contributed by atoms with van der Waals surface area (Å²) in [7, 11) is 0. The van der Waals surface area contributed by atoms with Gasteiger partial charge in [-0.1, -0.05) is 29.8 Å². The van der Waals surface area contributed by atoms with Crippen LogP contribution in [0.3, 0.4) is 0 Å². The van der Waals surface area contributed by atoms with E-state index < -0.39 is 0 Å². The summed E-state index contributed by atoms with van der Waals surface area (Å²) in [5.74, 6) is 0.584. The summed E-state index contributed by atoms with van der Waals surface area (Å²) in [6.07, 6.45) is 3.12. The Kier molecular flexibility index (Phi) is 4.21. The number of anilines is 1. The van der Waals surface area contributed by atoms with E-state index >= 15 is 0 Å². The van der Waals surface area contributed by atoms with Crippen molar-refractivity contribution in [3.8, 4) is 0 Å². The van der Waals surface area contributed by atoms with E-state index in [9.17, 15) is 4.79 Å². The van der Waals surface area contributed by atoms with Crippen molar-refractivity contribution in [2.75, 3.05) is 4.90 Å². The zero-order chi connectivity index (χ0) is 15.4. The van der Waals surface area contributed by atoms with Gasteiger partial charge in [0.15, 0.2) is 5.76 Å². The molecular formula is C17H13ClN2O2. The molecule has 0 saturated carbocycles. The molecule has 1 aromatic carbocycles. The normalized spacial score (nSPS) is 10.4. The minimum absolute atomic E-state index is 0.247. The third-order valence-electron chi connectivity index (χ3n) is 3.13. The molecule has 110 valence electrons. The summed E-state index contributed by atoms with van der Waals surface area (Å²) in [6, 6.07) is 16.1. The highest BCUT2D eigenvalue weighted by atomic mass is 35.5. The number of hydrogen-bond acceptors (Lipinski definition) is 3. The highest BCUT2D eigenvalue weighted by Gasteiger charge is 2.21. The molecule has 3 aromatic rings. The van der Waals surface area contributed by atoms with Crippen molar-refractivity contribution in [1.29, 1.82) is 0 Å². The minimum Gasteiger partial charge on any atom is -0.459 e. The molecule has 3 rings (SSSR count). The Morgan fingerprint density at radius 3 is 2.73 bits per heavy atom. The monoisotopic (exact) mass is 312 g/mol. The number of carbonyl (C=O) groups excluding carboxylic acids is 1. The van der Waals surface area contributed by atoms with E-state index in [1.807, 2.05) is 24.3 Å². The van der Waals surface area contributed by atoms with Crippen LogP contribution in [0, 0.1) is 0 Å². The second-order valence-electron chi connectivity index (χ2n) is 4.69. The van der Waals surface area contributed by atoms with Crippen molar-refractivity contribution in [1.82, 2.24) is 4.98 Å². The number of aromatic nitrogens is 1. The Morgan fingerprint density at radius 2 is 2.05 bits per heavy atom. The van der Waals surface area contributed by atoms with Gasteiger partial charge >= 0.3 is 0 Å². The van der Waals surface area contributed by atoms with E-state index in [2.05, 4.69) is 4.98 Å². The predicted octanol–water partition coefficient (Wildman–Crippen LogP) is 4.18. The largest absolute Gasteiger partial charge is 0.459 e. The topological polar surface area (TPSA) is 46.3 Å². The number of rotatable bonds is 4. The van der Waals surface area contributed by atoms with Gasteiger partial charge in [0.05, 0.1) is 12.8 Å². The van der Waals surface area contributed by atoms with Gasteiger partial charge < -0.3 is 4.42 Å². The molecule has 0 unspecified atom stereocenters. The maximum absolute atomic E-state index is 12.7. The van der Waals surface area contributed by atoms with Crippen molar-refractivity contribution in [2.24, 2.45) is 0 Å². The first-order valence-electron chi connectivity index (χ1n) is 6.75. The molecule has 4 nitrogen and oxygen atoms in total. The Morgan fingerprint density at radius 1 is 1.14 bits per heavy atom. The maximum atomic E-state index is 12.7. The van der Waals surface area contributed by atoms with E-state index in [1.165, 1.54) is 6.26 Å². The number of furan rings is 1. The van der Waals surface area contributed by atoms with Gasteiger partial charge in [0.2, 0.25) is 0 Å². The Hall–Kier alpha value is -2.59. The summed E-state index contributed by atoms with van der Waals surface area (Å²) in [5, 5.41) is 0.629. The fourth-order valence-corrected chi connectivity index (χ4v) is 2.33. The van der Waals surface area contributed by atoms with Crippen molar-refractivity contribution in [2.45, 2.75) is 6.54 Å². The van der Waals surface area contributed by atoms with Gasteiger partial charge in [-0.15, -0.1) is 0 Å². The average Bonchev–Trinajstić information content (AvgIpc) is 3.07. The lowest BCUT2D eigenvalue weighted by Crippen LogP contribution is -2.30. The standard InChI is InChI=1S/C17H13ClN2O2/c18-14-6-3-5-13(11-14)12-20(16-8-1-2-9-19-16)17(21)15-7-4-10-22-15/h1-11H,12H2. The zero-order valence-corrected chi connectivity index (χ0v) is 12.4. The summed E-state index contributed by atoms with van der Waals surface area (Å²) < 4.78 is 5.21. The van der Waals surface area contributed by atoms with Crippen LogP contribution >= 0.6 is 11.6 Å². The molecular weight excluding hydrogens is 300 g/mol. The number of nitrogens with zero attached hydrogens (tertiary/aromatic N) is 2. The lowest BCUT2D eigenvalue weighted by atomic mass is 10.2. The number of benzene rings is 1. The molecule has 2 heterocycles.